The van der Waals surface area contributed by atoms with Gasteiger partial charge in [0.1, 0.15) is 17.3 Å². The zero-order chi connectivity index (χ0) is 14.8. The molecule has 4 nitrogen and oxygen atoms in total. The van der Waals surface area contributed by atoms with Crippen LogP contribution >= 0.6 is 0 Å². The molecule has 1 aromatic carbocycles. The maximum absolute atomic E-state index is 13.8. The molecule has 1 fully saturated rings. The second-order valence-corrected chi connectivity index (χ2v) is 5.36. The fourth-order valence-electron chi connectivity index (χ4n) is 2.89. The van der Waals surface area contributed by atoms with E-state index in [2.05, 4.69) is 10.2 Å². The van der Waals surface area contributed by atoms with E-state index in [1.165, 1.54) is 12.1 Å². The number of nitrogens with zero attached hydrogens (tertiary/aromatic N) is 1. The highest BCUT2D eigenvalue weighted by atomic mass is 19.1. The fraction of sp³-hybridized carbons (Fsp3) is 0.375. The summed E-state index contributed by atoms with van der Waals surface area (Å²) in [6, 6.07) is 6.16. The minimum atomic E-state index is -0.341. The largest absolute Gasteiger partial charge is 0.507 e. The molecule has 1 saturated heterocycles. The van der Waals surface area contributed by atoms with Crippen LogP contribution in [-0.4, -0.2) is 36.2 Å². The third-order valence-corrected chi connectivity index (χ3v) is 3.92. The van der Waals surface area contributed by atoms with Gasteiger partial charge in [0.25, 0.3) is 0 Å². The highest BCUT2D eigenvalue weighted by molar-refractivity contribution is 5.44. The van der Waals surface area contributed by atoms with Crippen LogP contribution in [0.3, 0.4) is 0 Å². The molecule has 112 valence electrons. The third-order valence-electron chi connectivity index (χ3n) is 3.92. The summed E-state index contributed by atoms with van der Waals surface area (Å²) in [6.07, 6.45) is 1.60. The lowest BCUT2D eigenvalue weighted by Gasteiger charge is -2.34. The SMILES string of the molecule is Cc1cc(F)cc([C@H](c2ccco2)N2CCNCC2)c1O. The van der Waals surface area contributed by atoms with Crippen molar-refractivity contribution in [2.24, 2.45) is 0 Å². The maximum atomic E-state index is 13.8. The van der Waals surface area contributed by atoms with Gasteiger partial charge in [-0.1, -0.05) is 0 Å². The van der Waals surface area contributed by atoms with E-state index >= 15 is 0 Å². The van der Waals surface area contributed by atoms with Crippen LogP contribution in [0, 0.1) is 12.7 Å². The molecule has 0 amide bonds. The molecule has 1 aromatic heterocycles. The minimum Gasteiger partial charge on any atom is -0.507 e. The Hall–Kier alpha value is -1.85. The van der Waals surface area contributed by atoms with Gasteiger partial charge in [-0.3, -0.25) is 4.90 Å². The number of aromatic hydroxyl groups is 1. The molecular formula is C16H19FN2O2. The fourth-order valence-corrected chi connectivity index (χ4v) is 2.89. The Morgan fingerprint density at radius 1 is 1.33 bits per heavy atom. The predicted molar refractivity (Wildman–Crippen MR) is 77.8 cm³/mol. The van der Waals surface area contributed by atoms with Crippen molar-refractivity contribution in [1.82, 2.24) is 10.2 Å². The van der Waals surface area contributed by atoms with Crippen LogP contribution < -0.4 is 5.32 Å². The molecule has 1 aliphatic rings. The van der Waals surface area contributed by atoms with E-state index in [1.807, 2.05) is 12.1 Å². The van der Waals surface area contributed by atoms with Crippen molar-refractivity contribution >= 4 is 0 Å². The first kappa shape index (κ1) is 14.1. The number of halogens is 1. The molecule has 0 unspecified atom stereocenters. The summed E-state index contributed by atoms with van der Waals surface area (Å²) in [4.78, 5) is 2.20. The average molecular weight is 290 g/mol. The average Bonchev–Trinajstić information content (AvgIpc) is 2.99. The molecule has 0 aliphatic carbocycles. The number of benzene rings is 1. The Kier molecular flexibility index (Phi) is 3.94. The summed E-state index contributed by atoms with van der Waals surface area (Å²) in [6.45, 7) is 5.08. The van der Waals surface area contributed by atoms with Crippen LogP contribution in [0.2, 0.25) is 0 Å². The van der Waals surface area contributed by atoms with E-state index in [0.29, 0.717) is 11.1 Å². The van der Waals surface area contributed by atoms with Crippen LogP contribution in [0.4, 0.5) is 4.39 Å². The van der Waals surface area contributed by atoms with Crippen LogP contribution in [0.5, 0.6) is 5.75 Å². The quantitative estimate of drug-likeness (QED) is 0.911. The van der Waals surface area contributed by atoms with Gasteiger partial charge >= 0.3 is 0 Å². The second kappa shape index (κ2) is 5.87. The van der Waals surface area contributed by atoms with Gasteiger partial charge < -0.3 is 14.8 Å². The van der Waals surface area contributed by atoms with Crippen LogP contribution in [0.15, 0.2) is 34.9 Å². The lowest BCUT2D eigenvalue weighted by atomic mass is 9.98. The van der Waals surface area contributed by atoms with E-state index in [-0.39, 0.29) is 17.6 Å². The number of phenolic OH excluding ortho intramolecular Hbond substituents is 1. The number of phenols is 1. The molecule has 3 rings (SSSR count). The maximum Gasteiger partial charge on any atom is 0.125 e. The van der Waals surface area contributed by atoms with Crippen LogP contribution in [-0.2, 0) is 0 Å². The van der Waals surface area contributed by atoms with Gasteiger partial charge in [-0.15, -0.1) is 0 Å². The standard InChI is InChI=1S/C16H19FN2O2/c1-11-9-12(17)10-13(16(11)20)15(14-3-2-8-21-14)19-6-4-18-5-7-19/h2-3,8-10,15,18,20H,4-7H2,1H3/t15-/m1/s1. The molecule has 0 bridgehead atoms. The topological polar surface area (TPSA) is 48.6 Å². The Morgan fingerprint density at radius 2 is 2.10 bits per heavy atom. The van der Waals surface area contributed by atoms with E-state index in [9.17, 15) is 9.50 Å². The number of rotatable bonds is 3. The number of furan rings is 1. The monoisotopic (exact) mass is 290 g/mol. The van der Waals surface area contributed by atoms with Gasteiger partial charge in [-0.2, -0.15) is 0 Å². The van der Waals surface area contributed by atoms with Gasteiger partial charge in [0.2, 0.25) is 0 Å². The zero-order valence-corrected chi connectivity index (χ0v) is 12.0. The normalized spacial score (nSPS) is 17.8. The van der Waals surface area contributed by atoms with Crippen molar-refractivity contribution in [1.29, 1.82) is 0 Å². The highest BCUT2D eigenvalue weighted by Crippen LogP contribution is 2.36. The number of piperazine rings is 1. The molecule has 0 saturated carbocycles. The smallest absolute Gasteiger partial charge is 0.125 e. The molecule has 0 radical (unpaired) electrons. The molecule has 21 heavy (non-hydrogen) atoms. The molecule has 1 atom stereocenters. The summed E-state index contributed by atoms with van der Waals surface area (Å²) in [5.41, 5.74) is 1.10. The van der Waals surface area contributed by atoms with E-state index in [0.717, 1.165) is 31.9 Å². The molecular weight excluding hydrogens is 271 g/mol. The Balaban J connectivity index is 2.07. The second-order valence-electron chi connectivity index (χ2n) is 5.36. The minimum absolute atomic E-state index is 0.135. The summed E-state index contributed by atoms with van der Waals surface area (Å²) in [7, 11) is 0. The first-order valence-electron chi connectivity index (χ1n) is 7.14. The number of aryl methyl sites for hydroxylation is 1. The van der Waals surface area contributed by atoms with E-state index in [4.69, 9.17) is 4.42 Å². The van der Waals surface area contributed by atoms with Gasteiger partial charge in [0, 0.05) is 31.7 Å². The third kappa shape index (κ3) is 2.80. The van der Waals surface area contributed by atoms with Crippen molar-refractivity contribution < 1.29 is 13.9 Å². The summed E-state index contributed by atoms with van der Waals surface area (Å²) in [5.74, 6) is 0.514. The lowest BCUT2D eigenvalue weighted by Crippen LogP contribution is -2.45. The predicted octanol–water partition coefficient (Wildman–Crippen LogP) is 2.43. The van der Waals surface area contributed by atoms with Crippen LogP contribution in [0.25, 0.3) is 0 Å². The first-order valence-corrected chi connectivity index (χ1v) is 7.14. The Bertz CT molecular complexity index is 607. The number of nitrogens with one attached hydrogen (secondary N) is 1. The lowest BCUT2D eigenvalue weighted by molar-refractivity contribution is 0.177. The summed E-state index contributed by atoms with van der Waals surface area (Å²) < 4.78 is 19.3. The molecule has 2 N–H and O–H groups in total. The van der Waals surface area contributed by atoms with Gasteiger partial charge in [-0.25, -0.2) is 4.39 Å². The molecule has 5 heteroatoms. The van der Waals surface area contributed by atoms with Crippen molar-refractivity contribution in [2.75, 3.05) is 26.2 Å². The highest BCUT2D eigenvalue weighted by Gasteiger charge is 2.29. The molecule has 0 spiro atoms. The van der Waals surface area contributed by atoms with Crippen LogP contribution in [0.1, 0.15) is 22.9 Å². The van der Waals surface area contributed by atoms with Gasteiger partial charge in [0.05, 0.1) is 12.3 Å². The van der Waals surface area contributed by atoms with Crippen molar-refractivity contribution in [2.45, 2.75) is 13.0 Å². The molecule has 2 heterocycles. The van der Waals surface area contributed by atoms with Gasteiger partial charge in [0.15, 0.2) is 0 Å². The first-order chi connectivity index (χ1) is 10.2. The van der Waals surface area contributed by atoms with Crippen molar-refractivity contribution in [3.05, 3.63) is 53.2 Å². The summed E-state index contributed by atoms with van der Waals surface area (Å²) in [5, 5.41) is 13.7. The van der Waals surface area contributed by atoms with E-state index in [1.54, 1.807) is 13.2 Å². The number of hydrogen-bond acceptors (Lipinski definition) is 4. The Labute approximate surface area is 123 Å². The van der Waals surface area contributed by atoms with Crippen molar-refractivity contribution in [3.8, 4) is 5.75 Å². The Morgan fingerprint density at radius 3 is 2.76 bits per heavy atom. The summed E-state index contributed by atoms with van der Waals surface area (Å²) >= 11 is 0. The zero-order valence-electron chi connectivity index (χ0n) is 12.0. The molecule has 2 aromatic rings. The number of hydrogen-bond donors (Lipinski definition) is 2. The van der Waals surface area contributed by atoms with Gasteiger partial charge in [-0.05, 0) is 36.8 Å². The van der Waals surface area contributed by atoms with Crippen molar-refractivity contribution in [3.63, 3.8) is 0 Å². The molecule has 1 aliphatic heterocycles. The van der Waals surface area contributed by atoms with E-state index < -0.39 is 0 Å².